The fraction of sp³-hybridized carbons (Fsp3) is 0.792. The van der Waals surface area contributed by atoms with E-state index in [-0.39, 0.29) is 30.6 Å². The van der Waals surface area contributed by atoms with Crippen LogP contribution in [0, 0.1) is 23.7 Å². The van der Waals surface area contributed by atoms with E-state index in [0.717, 1.165) is 32.1 Å². The van der Waals surface area contributed by atoms with Crippen molar-refractivity contribution in [2.24, 2.45) is 23.7 Å². The Balaban J connectivity index is 1.22. The molecule has 1 heterocycles. The van der Waals surface area contributed by atoms with Crippen LogP contribution in [0.3, 0.4) is 0 Å². The lowest BCUT2D eigenvalue weighted by molar-refractivity contribution is -0.139. The first kappa shape index (κ1) is 22.0. The summed E-state index contributed by atoms with van der Waals surface area (Å²) in [6.45, 7) is 3.11. The predicted octanol–water partition coefficient (Wildman–Crippen LogP) is 2.30. The van der Waals surface area contributed by atoms with Crippen molar-refractivity contribution in [2.75, 3.05) is 39.5 Å². The molecule has 0 aromatic carbocycles. The molecule has 2 N–H and O–H groups in total. The van der Waals surface area contributed by atoms with Crippen molar-refractivity contribution in [2.45, 2.75) is 57.2 Å². The Morgan fingerprint density at radius 2 is 2.00 bits per heavy atom. The summed E-state index contributed by atoms with van der Waals surface area (Å²) in [5.41, 5.74) is 1.38. The number of morpholine rings is 1. The highest BCUT2D eigenvalue weighted by molar-refractivity contribution is 5.77. The molecular weight excluding hydrogens is 382 g/mol. The summed E-state index contributed by atoms with van der Waals surface area (Å²) in [5, 5.41) is 21.0. The second-order valence-corrected chi connectivity index (χ2v) is 9.50. The zero-order chi connectivity index (χ0) is 20.9. The molecule has 0 spiro atoms. The summed E-state index contributed by atoms with van der Waals surface area (Å²) < 4.78 is 10.9. The first-order valence-corrected chi connectivity index (χ1v) is 11.8. The zero-order valence-corrected chi connectivity index (χ0v) is 18.0. The molecule has 3 aliphatic carbocycles. The van der Waals surface area contributed by atoms with E-state index in [1.54, 1.807) is 4.90 Å². The topological polar surface area (TPSA) is 79.2 Å². The van der Waals surface area contributed by atoms with Gasteiger partial charge in [0.2, 0.25) is 5.91 Å². The molecule has 5 atom stereocenters. The molecule has 30 heavy (non-hydrogen) atoms. The summed E-state index contributed by atoms with van der Waals surface area (Å²) in [5.74, 6) is 1.54. The van der Waals surface area contributed by atoms with Gasteiger partial charge < -0.3 is 24.6 Å². The van der Waals surface area contributed by atoms with Gasteiger partial charge in [0.1, 0.15) is 6.61 Å². The first-order chi connectivity index (χ1) is 14.6. The van der Waals surface area contributed by atoms with Crippen molar-refractivity contribution in [1.29, 1.82) is 0 Å². The number of allylic oxidation sites excluding steroid dienone is 1. The fourth-order valence-electron chi connectivity index (χ4n) is 5.86. The maximum absolute atomic E-state index is 12.1. The molecule has 0 aromatic rings. The van der Waals surface area contributed by atoms with Gasteiger partial charge in [0.15, 0.2) is 0 Å². The molecule has 1 aliphatic heterocycles. The Hall–Kier alpha value is -1.21. The Morgan fingerprint density at radius 3 is 2.77 bits per heavy atom. The minimum absolute atomic E-state index is 0.0362. The molecule has 0 bridgehead atoms. The molecule has 0 aromatic heterocycles. The smallest absolute Gasteiger partial charge is 0.248 e. The number of hydrogen-bond acceptors (Lipinski definition) is 5. The molecule has 0 radical (unpaired) electrons. The van der Waals surface area contributed by atoms with Crippen LogP contribution in [0.25, 0.3) is 0 Å². The van der Waals surface area contributed by atoms with Gasteiger partial charge in [0.25, 0.3) is 0 Å². The van der Waals surface area contributed by atoms with E-state index in [2.05, 4.69) is 12.2 Å². The lowest BCUT2D eigenvalue weighted by Crippen LogP contribution is -2.42. The van der Waals surface area contributed by atoms with E-state index in [4.69, 9.17) is 9.47 Å². The minimum Gasteiger partial charge on any atom is -0.392 e. The second kappa shape index (κ2) is 10.4. The molecule has 4 rings (SSSR count). The number of amides is 1. The Kier molecular flexibility index (Phi) is 7.63. The van der Waals surface area contributed by atoms with Crippen LogP contribution in [0.2, 0.25) is 0 Å². The Bertz CT molecular complexity index is 636. The number of aliphatic hydroxyl groups is 2. The van der Waals surface area contributed by atoms with E-state index in [0.29, 0.717) is 50.7 Å². The van der Waals surface area contributed by atoms with Gasteiger partial charge in [-0.15, -0.1) is 0 Å². The lowest BCUT2D eigenvalue weighted by atomic mass is 9.89. The monoisotopic (exact) mass is 419 g/mol. The molecule has 1 amide bonds. The van der Waals surface area contributed by atoms with Gasteiger partial charge >= 0.3 is 0 Å². The van der Waals surface area contributed by atoms with E-state index in [1.165, 1.54) is 18.4 Å². The van der Waals surface area contributed by atoms with Crippen molar-refractivity contribution in [3.8, 4) is 0 Å². The summed E-state index contributed by atoms with van der Waals surface area (Å²) in [7, 11) is 0. The Morgan fingerprint density at radius 1 is 1.23 bits per heavy atom. The number of aliphatic hydroxyl groups excluding tert-OH is 2. The van der Waals surface area contributed by atoms with Crippen LogP contribution in [0.1, 0.15) is 44.9 Å². The summed E-state index contributed by atoms with van der Waals surface area (Å²) >= 11 is 0. The minimum atomic E-state index is -0.368. The predicted molar refractivity (Wildman–Crippen MR) is 114 cm³/mol. The van der Waals surface area contributed by atoms with Crippen LogP contribution in [0.4, 0.5) is 0 Å². The zero-order valence-electron chi connectivity index (χ0n) is 18.0. The number of rotatable bonds is 7. The number of carbonyl (C=O) groups excluding carboxylic acids is 1. The summed E-state index contributed by atoms with van der Waals surface area (Å²) in [6.07, 6.45) is 13.0. The van der Waals surface area contributed by atoms with Gasteiger partial charge in [-0.1, -0.05) is 36.6 Å². The third kappa shape index (κ3) is 5.34. The number of carbonyl (C=O) groups is 1. The van der Waals surface area contributed by atoms with Crippen LogP contribution in [0.15, 0.2) is 23.8 Å². The highest BCUT2D eigenvalue weighted by Crippen LogP contribution is 2.50. The van der Waals surface area contributed by atoms with E-state index in [9.17, 15) is 15.0 Å². The van der Waals surface area contributed by atoms with Crippen LogP contribution in [-0.2, 0) is 14.3 Å². The molecule has 6 nitrogen and oxygen atoms in total. The van der Waals surface area contributed by atoms with Gasteiger partial charge in [0, 0.05) is 19.0 Å². The van der Waals surface area contributed by atoms with Crippen LogP contribution in [-0.4, -0.2) is 72.7 Å². The number of ether oxygens (including phenoxy) is 2. The third-order valence-corrected chi connectivity index (χ3v) is 7.60. The van der Waals surface area contributed by atoms with Crippen molar-refractivity contribution in [3.05, 3.63) is 23.8 Å². The molecule has 168 valence electrons. The quantitative estimate of drug-likeness (QED) is 0.489. The average molecular weight is 420 g/mol. The van der Waals surface area contributed by atoms with Crippen molar-refractivity contribution in [3.63, 3.8) is 0 Å². The van der Waals surface area contributed by atoms with Crippen molar-refractivity contribution in [1.82, 2.24) is 4.90 Å². The SMILES string of the molecule is O=C(COCC=C1C[C@H]2C[C@@H](O)[C@H](C=C[C@@H](O)C3CCCC3)[C@H]2C1)N1CCOCC1. The standard InChI is InChI=1S/C24H37NO5/c26-22(18-3-1-2-4-18)6-5-20-21-14-17(13-19(21)15-23(20)27)7-10-30-16-24(28)25-8-11-29-12-9-25/h5-7,18-23,26-27H,1-4,8-16H2/t19-,20+,21-,22+,23+/m0/s1. The fourth-order valence-corrected chi connectivity index (χ4v) is 5.86. The largest absolute Gasteiger partial charge is 0.392 e. The van der Waals surface area contributed by atoms with Gasteiger partial charge in [-0.3, -0.25) is 4.79 Å². The van der Waals surface area contributed by atoms with Crippen LogP contribution in [0.5, 0.6) is 0 Å². The van der Waals surface area contributed by atoms with Gasteiger partial charge in [-0.2, -0.15) is 0 Å². The Labute approximate surface area is 179 Å². The van der Waals surface area contributed by atoms with Crippen molar-refractivity contribution >= 4 is 5.91 Å². The highest BCUT2D eigenvalue weighted by Gasteiger charge is 2.45. The molecule has 6 heteroatoms. The molecule has 4 fully saturated rings. The number of hydrogen-bond donors (Lipinski definition) is 2. The third-order valence-electron chi connectivity index (χ3n) is 7.60. The highest BCUT2D eigenvalue weighted by atomic mass is 16.5. The molecule has 3 saturated carbocycles. The lowest BCUT2D eigenvalue weighted by Gasteiger charge is -2.26. The van der Waals surface area contributed by atoms with Crippen molar-refractivity contribution < 1.29 is 24.5 Å². The summed E-state index contributed by atoms with van der Waals surface area (Å²) in [6, 6.07) is 0. The molecule has 4 aliphatic rings. The first-order valence-electron chi connectivity index (χ1n) is 11.8. The maximum atomic E-state index is 12.1. The molecule has 1 saturated heterocycles. The van der Waals surface area contributed by atoms with Gasteiger partial charge in [0.05, 0.1) is 32.0 Å². The number of nitrogens with zero attached hydrogens (tertiary/aromatic N) is 1. The van der Waals surface area contributed by atoms with Crippen LogP contribution < -0.4 is 0 Å². The van der Waals surface area contributed by atoms with Gasteiger partial charge in [-0.05, 0) is 49.9 Å². The van der Waals surface area contributed by atoms with Gasteiger partial charge in [-0.25, -0.2) is 0 Å². The molecular formula is C24H37NO5. The second-order valence-electron chi connectivity index (χ2n) is 9.50. The van der Waals surface area contributed by atoms with Crippen LogP contribution >= 0.6 is 0 Å². The number of fused-ring (bicyclic) bond motifs is 1. The van der Waals surface area contributed by atoms with E-state index < -0.39 is 0 Å². The average Bonchev–Trinajstić information content (AvgIpc) is 3.47. The summed E-state index contributed by atoms with van der Waals surface area (Å²) in [4.78, 5) is 13.9. The molecule has 0 unspecified atom stereocenters. The maximum Gasteiger partial charge on any atom is 0.248 e. The van der Waals surface area contributed by atoms with E-state index in [1.807, 2.05) is 6.08 Å². The van der Waals surface area contributed by atoms with E-state index >= 15 is 0 Å². The normalized spacial score (nSPS) is 34.9.